The highest BCUT2D eigenvalue weighted by Gasteiger charge is 2.31. The molecule has 0 atom stereocenters. The highest BCUT2D eigenvalue weighted by Crippen LogP contribution is 2.31. The Morgan fingerprint density at radius 2 is 1.96 bits per heavy atom. The van der Waals surface area contributed by atoms with Crippen LogP contribution in [0.2, 0.25) is 10.0 Å². The molecule has 1 fully saturated rings. The Labute approximate surface area is 150 Å². The van der Waals surface area contributed by atoms with Crippen molar-refractivity contribution in [3.8, 4) is 0 Å². The first-order valence-electron chi connectivity index (χ1n) is 7.30. The van der Waals surface area contributed by atoms with Crippen LogP contribution < -0.4 is 5.32 Å². The van der Waals surface area contributed by atoms with Crippen molar-refractivity contribution in [2.24, 2.45) is 0 Å². The number of hydrogen-bond acceptors (Lipinski definition) is 1. The van der Waals surface area contributed by atoms with E-state index >= 15 is 0 Å². The first-order chi connectivity index (χ1) is 11.0. The van der Waals surface area contributed by atoms with Gasteiger partial charge >= 0.3 is 0 Å². The molecule has 0 amide bonds. The van der Waals surface area contributed by atoms with Gasteiger partial charge in [-0.1, -0.05) is 35.3 Å². The molecule has 0 heterocycles. The van der Waals surface area contributed by atoms with Crippen molar-refractivity contribution < 1.29 is 4.39 Å². The van der Waals surface area contributed by atoms with Crippen molar-refractivity contribution in [3.05, 3.63) is 63.9 Å². The minimum absolute atomic E-state index is 0.311. The van der Waals surface area contributed by atoms with E-state index < -0.39 is 0 Å². The normalized spacial score (nSPS) is 13.7. The van der Waals surface area contributed by atoms with Crippen molar-refractivity contribution in [1.29, 1.82) is 0 Å². The molecule has 2 aromatic carbocycles. The minimum Gasteiger partial charge on any atom is -0.342 e. The van der Waals surface area contributed by atoms with E-state index in [9.17, 15) is 4.39 Å². The Bertz CT molecular complexity index is 714. The van der Waals surface area contributed by atoms with Crippen LogP contribution in [0.25, 0.3) is 0 Å². The zero-order valence-electron chi connectivity index (χ0n) is 12.2. The molecule has 0 saturated heterocycles. The first kappa shape index (κ1) is 16.5. The highest BCUT2D eigenvalue weighted by molar-refractivity contribution is 7.80. The summed E-state index contributed by atoms with van der Waals surface area (Å²) in [4.78, 5) is 1.99. The molecule has 0 aliphatic heterocycles. The zero-order valence-corrected chi connectivity index (χ0v) is 14.6. The quantitative estimate of drug-likeness (QED) is 0.717. The molecular formula is C17H15Cl2FN2S. The van der Waals surface area contributed by atoms with E-state index in [1.165, 1.54) is 6.07 Å². The van der Waals surface area contributed by atoms with Crippen molar-refractivity contribution in [2.45, 2.75) is 25.4 Å². The molecule has 120 valence electrons. The fraction of sp³-hybridized carbons (Fsp3) is 0.235. The number of anilines is 1. The molecule has 0 bridgehead atoms. The van der Waals surface area contributed by atoms with Gasteiger partial charge < -0.3 is 10.2 Å². The van der Waals surface area contributed by atoms with Crippen LogP contribution in [0.15, 0.2) is 42.5 Å². The highest BCUT2D eigenvalue weighted by atomic mass is 35.5. The number of nitrogens with one attached hydrogen (secondary N) is 1. The second-order valence-electron chi connectivity index (χ2n) is 5.50. The summed E-state index contributed by atoms with van der Waals surface area (Å²) in [5, 5.41) is 4.77. The number of halogens is 3. The van der Waals surface area contributed by atoms with E-state index in [0.29, 0.717) is 33.3 Å². The van der Waals surface area contributed by atoms with Crippen LogP contribution in [0.3, 0.4) is 0 Å². The number of hydrogen-bond donors (Lipinski definition) is 1. The molecule has 23 heavy (non-hydrogen) atoms. The van der Waals surface area contributed by atoms with E-state index in [1.54, 1.807) is 24.3 Å². The Balaban J connectivity index is 1.78. The lowest BCUT2D eigenvalue weighted by Gasteiger charge is -2.26. The molecule has 2 aromatic rings. The molecule has 2 nitrogen and oxygen atoms in total. The van der Waals surface area contributed by atoms with E-state index in [4.69, 9.17) is 35.4 Å². The second kappa shape index (κ2) is 7.04. The van der Waals surface area contributed by atoms with Crippen LogP contribution in [0.1, 0.15) is 18.4 Å². The summed E-state index contributed by atoms with van der Waals surface area (Å²) in [5.41, 5.74) is 1.28. The molecule has 6 heteroatoms. The SMILES string of the molecule is Fc1cccc(Cl)c1CN(C(=S)Nc1cccc(Cl)c1)C1CC1. The predicted octanol–water partition coefficient (Wildman–Crippen LogP) is 5.49. The van der Waals surface area contributed by atoms with Crippen LogP contribution in [0.4, 0.5) is 10.1 Å². The molecule has 1 saturated carbocycles. The summed E-state index contributed by atoms with van der Waals surface area (Å²) >= 11 is 17.6. The van der Waals surface area contributed by atoms with Crippen LogP contribution in [0, 0.1) is 5.82 Å². The summed E-state index contributed by atoms with van der Waals surface area (Å²) < 4.78 is 14.0. The summed E-state index contributed by atoms with van der Waals surface area (Å²) in [7, 11) is 0. The standard InChI is InChI=1S/C17H15Cl2FN2S/c18-11-3-1-4-12(9-11)21-17(23)22(13-7-8-13)10-14-15(19)5-2-6-16(14)20/h1-6,9,13H,7-8,10H2,(H,21,23). The molecule has 3 rings (SSSR count). The number of nitrogens with zero attached hydrogens (tertiary/aromatic N) is 1. The Morgan fingerprint density at radius 1 is 1.22 bits per heavy atom. The minimum atomic E-state index is -0.311. The Kier molecular flexibility index (Phi) is 5.05. The summed E-state index contributed by atoms with van der Waals surface area (Å²) in [5.74, 6) is -0.311. The average molecular weight is 369 g/mol. The predicted molar refractivity (Wildman–Crippen MR) is 97.6 cm³/mol. The van der Waals surface area contributed by atoms with Crippen molar-refractivity contribution >= 4 is 46.2 Å². The lowest BCUT2D eigenvalue weighted by Crippen LogP contribution is -2.36. The smallest absolute Gasteiger partial charge is 0.173 e. The largest absolute Gasteiger partial charge is 0.342 e. The van der Waals surface area contributed by atoms with Gasteiger partial charge in [0, 0.05) is 33.9 Å². The molecule has 1 N–H and O–H groups in total. The van der Waals surface area contributed by atoms with Crippen LogP contribution in [-0.2, 0) is 6.54 Å². The fourth-order valence-electron chi connectivity index (χ4n) is 2.37. The van der Waals surface area contributed by atoms with E-state index in [-0.39, 0.29) is 5.82 Å². The molecule has 1 aliphatic carbocycles. The van der Waals surface area contributed by atoms with Gasteiger partial charge in [0.05, 0.1) is 0 Å². The summed E-state index contributed by atoms with van der Waals surface area (Å²) in [6, 6.07) is 12.4. The maximum absolute atomic E-state index is 14.0. The summed E-state index contributed by atoms with van der Waals surface area (Å²) in [6.07, 6.45) is 2.09. The summed E-state index contributed by atoms with van der Waals surface area (Å²) in [6.45, 7) is 0.350. The van der Waals surface area contributed by atoms with Gasteiger partial charge in [0.1, 0.15) is 5.82 Å². The van der Waals surface area contributed by atoms with Gasteiger partial charge in [-0.25, -0.2) is 4.39 Å². The third-order valence-electron chi connectivity index (χ3n) is 3.71. The molecule has 0 radical (unpaired) electrons. The lowest BCUT2D eigenvalue weighted by molar-refractivity contribution is 0.400. The van der Waals surface area contributed by atoms with Gasteiger partial charge in [0.2, 0.25) is 0 Å². The Hall–Kier alpha value is -1.36. The average Bonchev–Trinajstić information content (AvgIpc) is 3.31. The van der Waals surface area contributed by atoms with Crippen molar-refractivity contribution in [2.75, 3.05) is 5.32 Å². The molecule has 0 aromatic heterocycles. The van der Waals surface area contributed by atoms with Crippen molar-refractivity contribution in [1.82, 2.24) is 4.90 Å². The van der Waals surface area contributed by atoms with Gasteiger partial charge in [-0.3, -0.25) is 0 Å². The van der Waals surface area contributed by atoms with E-state index in [2.05, 4.69) is 5.32 Å². The number of thiocarbonyl (C=S) groups is 1. The van der Waals surface area contributed by atoms with Gasteiger partial charge in [-0.05, 0) is 55.4 Å². The topological polar surface area (TPSA) is 15.3 Å². The van der Waals surface area contributed by atoms with Crippen molar-refractivity contribution in [3.63, 3.8) is 0 Å². The van der Waals surface area contributed by atoms with Gasteiger partial charge in [0.25, 0.3) is 0 Å². The molecule has 0 spiro atoms. The molecular weight excluding hydrogens is 354 g/mol. The second-order valence-corrected chi connectivity index (χ2v) is 6.73. The number of rotatable bonds is 4. The molecule has 1 aliphatic rings. The molecule has 0 unspecified atom stereocenters. The maximum atomic E-state index is 14.0. The lowest BCUT2D eigenvalue weighted by atomic mass is 10.2. The monoisotopic (exact) mass is 368 g/mol. The van der Waals surface area contributed by atoms with Gasteiger partial charge in [-0.15, -0.1) is 0 Å². The first-order valence-corrected chi connectivity index (χ1v) is 8.47. The fourth-order valence-corrected chi connectivity index (χ4v) is 3.11. The van der Waals surface area contributed by atoms with E-state index in [1.807, 2.05) is 17.0 Å². The third-order valence-corrected chi connectivity index (χ3v) is 4.64. The van der Waals surface area contributed by atoms with Gasteiger partial charge in [-0.2, -0.15) is 0 Å². The van der Waals surface area contributed by atoms with Gasteiger partial charge in [0.15, 0.2) is 5.11 Å². The Morgan fingerprint density at radius 3 is 2.61 bits per heavy atom. The van der Waals surface area contributed by atoms with Crippen LogP contribution >= 0.6 is 35.4 Å². The van der Waals surface area contributed by atoms with Crippen LogP contribution in [0.5, 0.6) is 0 Å². The zero-order chi connectivity index (χ0) is 16.4. The maximum Gasteiger partial charge on any atom is 0.173 e. The number of benzene rings is 2. The van der Waals surface area contributed by atoms with E-state index in [0.717, 1.165) is 18.5 Å². The third kappa shape index (κ3) is 4.14. The van der Waals surface area contributed by atoms with Crippen LogP contribution in [-0.4, -0.2) is 16.1 Å².